The lowest BCUT2D eigenvalue weighted by atomic mass is 10.0. The zero-order chi connectivity index (χ0) is 23.9. The van der Waals surface area contributed by atoms with Crippen LogP contribution in [-0.4, -0.2) is 21.5 Å². The highest BCUT2D eigenvalue weighted by Gasteiger charge is 2.53. The summed E-state index contributed by atoms with van der Waals surface area (Å²) in [5.74, 6) is -0.104. The first-order valence-corrected chi connectivity index (χ1v) is 13.0. The van der Waals surface area contributed by atoms with Crippen molar-refractivity contribution in [3.63, 3.8) is 0 Å². The molecule has 0 amide bonds. The van der Waals surface area contributed by atoms with E-state index in [9.17, 15) is 4.79 Å². The lowest BCUT2D eigenvalue weighted by Gasteiger charge is -2.46. The van der Waals surface area contributed by atoms with Crippen molar-refractivity contribution in [3.8, 4) is 0 Å². The van der Waals surface area contributed by atoms with Crippen molar-refractivity contribution >= 4 is 78.8 Å². The predicted molar refractivity (Wildman–Crippen MR) is 146 cm³/mol. The monoisotopic (exact) mass is 572 g/mol. The number of carbonyl (C=O) groups is 1. The molecule has 3 aromatic rings. The summed E-state index contributed by atoms with van der Waals surface area (Å²) >= 11 is 17.7. The first-order valence-electron chi connectivity index (χ1n) is 10.6. The number of ketones is 1. The normalized spacial score (nSPS) is 19.9. The number of nitrogens with zero attached hydrogens (tertiary/aromatic N) is 4. The first kappa shape index (κ1) is 23.4. The Bertz CT molecular complexity index is 1320. The molecule has 172 valence electrons. The van der Waals surface area contributed by atoms with Crippen LogP contribution in [0.2, 0.25) is 10.0 Å². The van der Waals surface area contributed by atoms with Crippen LogP contribution in [0.1, 0.15) is 25.3 Å². The molecular weight excluding hydrogens is 555 g/mol. The van der Waals surface area contributed by atoms with Crippen molar-refractivity contribution in [1.29, 1.82) is 0 Å². The van der Waals surface area contributed by atoms with Crippen molar-refractivity contribution in [2.45, 2.75) is 24.8 Å². The summed E-state index contributed by atoms with van der Waals surface area (Å²) in [6.07, 6.45) is 1.35. The molecule has 0 N–H and O–H groups in total. The molecule has 0 aromatic heterocycles. The van der Waals surface area contributed by atoms with Gasteiger partial charge in [0.15, 0.2) is 10.8 Å². The van der Waals surface area contributed by atoms with E-state index in [1.807, 2.05) is 58.5 Å². The van der Waals surface area contributed by atoms with Crippen LogP contribution in [-0.2, 0) is 4.79 Å². The SMILES string of the molecule is CC(=O)C1=NN(c2ccc(Cl)cc2Cl)[C@@]2(CCC(c3ccc(Br)cc3)=NN2c2ccccc2)S1. The number of benzene rings is 3. The molecule has 0 radical (unpaired) electrons. The van der Waals surface area contributed by atoms with E-state index >= 15 is 0 Å². The molecule has 5 nitrogen and oxygen atoms in total. The van der Waals surface area contributed by atoms with E-state index in [-0.39, 0.29) is 5.78 Å². The number of thioether (sulfide) groups is 1. The number of rotatable bonds is 4. The second-order valence-electron chi connectivity index (χ2n) is 7.92. The smallest absolute Gasteiger partial charge is 0.208 e. The number of para-hydroxylation sites is 1. The lowest BCUT2D eigenvalue weighted by Crippen LogP contribution is -2.56. The van der Waals surface area contributed by atoms with Crippen LogP contribution in [0.3, 0.4) is 0 Å². The Morgan fingerprint density at radius 3 is 2.41 bits per heavy atom. The molecule has 1 spiro atoms. The van der Waals surface area contributed by atoms with Crippen LogP contribution >= 0.6 is 50.9 Å². The van der Waals surface area contributed by atoms with E-state index in [0.717, 1.165) is 21.4 Å². The quantitative estimate of drug-likeness (QED) is 0.323. The second kappa shape index (κ2) is 9.38. The van der Waals surface area contributed by atoms with Gasteiger partial charge in [0.05, 0.1) is 22.1 Å². The number of Topliss-reactive ketones (excluding diaryl/α,β-unsaturated/α-hetero) is 1. The minimum absolute atomic E-state index is 0.104. The molecule has 0 saturated heterocycles. The fourth-order valence-electron chi connectivity index (χ4n) is 4.02. The second-order valence-corrected chi connectivity index (χ2v) is 10.9. The van der Waals surface area contributed by atoms with E-state index in [4.69, 9.17) is 33.4 Å². The third-order valence-electron chi connectivity index (χ3n) is 5.64. The van der Waals surface area contributed by atoms with Crippen LogP contribution in [0.15, 0.2) is 87.5 Å². The van der Waals surface area contributed by atoms with Gasteiger partial charge < -0.3 is 0 Å². The van der Waals surface area contributed by atoms with Crippen LogP contribution in [0.4, 0.5) is 11.4 Å². The molecular formula is C25H19BrCl2N4OS. The Balaban J connectivity index is 1.68. The molecule has 2 aliphatic rings. The van der Waals surface area contributed by atoms with Gasteiger partial charge in [-0.15, -0.1) is 0 Å². The summed E-state index contributed by atoms with van der Waals surface area (Å²) in [5.41, 5.74) is 3.56. The highest BCUT2D eigenvalue weighted by Crippen LogP contribution is 2.51. The summed E-state index contributed by atoms with van der Waals surface area (Å²) in [6.45, 7) is 1.53. The number of hydrazone groups is 2. The molecule has 1 atom stereocenters. The highest BCUT2D eigenvalue weighted by molar-refractivity contribution is 9.10. The zero-order valence-corrected chi connectivity index (χ0v) is 22.0. The molecule has 0 aliphatic carbocycles. The minimum atomic E-state index is -0.807. The van der Waals surface area contributed by atoms with E-state index in [1.54, 1.807) is 12.1 Å². The van der Waals surface area contributed by atoms with Gasteiger partial charge in [0, 0.05) is 22.8 Å². The van der Waals surface area contributed by atoms with Gasteiger partial charge in [-0.3, -0.25) is 4.79 Å². The van der Waals surface area contributed by atoms with Crippen molar-refractivity contribution in [3.05, 3.63) is 92.9 Å². The van der Waals surface area contributed by atoms with Crippen LogP contribution in [0.25, 0.3) is 0 Å². The van der Waals surface area contributed by atoms with Crippen LogP contribution < -0.4 is 10.0 Å². The number of anilines is 2. The Hall–Kier alpha value is -2.32. The standard InChI is InChI=1S/C25H19BrCl2N4OS/c1-16(33)24-30-32(23-12-11-19(27)15-21(23)28)25(34-24)14-13-22(17-7-9-18(26)10-8-17)29-31(25)20-5-3-2-4-6-20/h2-12,15H,13-14H2,1H3/t25-/m0/s1. The van der Waals surface area contributed by atoms with Crippen molar-refractivity contribution in [1.82, 2.24) is 0 Å². The summed E-state index contributed by atoms with van der Waals surface area (Å²) in [6, 6.07) is 23.3. The predicted octanol–water partition coefficient (Wildman–Crippen LogP) is 7.57. The topological polar surface area (TPSA) is 48.3 Å². The number of hydrogen-bond donors (Lipinski definition) is 0. The molecule has 0 unspecified atom stereocenters. The fraction of sp³-hybridized carbons (Fsp3) is 0.160. The van der Waals surface area contributed by atoms with Gasteiger partial charge in [-0.25, -0.2) is 10.0 Å². The molecule has 9 heteroatoms. The van der Waals surface area contributed by atoms with Gasteiger partial charge in [-0.05, 0) is 66.2 Å². The summed E-state index contributed by atoms with van der Waals surface area (Å²) in [5, 5.41) is 15.0. The number of halogens is 3. The molecule has 5 rings (SSSR count). The highest BCUT2D eigenvalue weighted by atomic mass is 79.9. The van der Waals surface area contributed by atoms with Gasteiger partial charge in [0.1, 0.15) is 0 Å². The maximum Gasteiger partial charge on any atom is 0.208 e. The Kier molecular flexibility index (Phi) is 6.46. The summed E-state index contributed by atoms with van der Waals surface area (Å²) in [4.78, 5) is 11.7. The maximum atomic E-state index is 12.5. The Morgan fingerprint density at radius 1 is 1.00 bits per heavy atom. The molecule has 2 heterocycles. The minimum Gasteiger partial charge on any atom is -0.292 e. The largest absolute Gasteiger partial charge is 0.292 e. The summed E-state index contributed by atoms with van der Waals surface area (Å²) < 4.78 is 1.01. The molecule has 0 bridgehead atoms. The molecule has 0 fully saturated rings. The third kappa shape index (κ3) is 4.26. The Morgan fingerprint density at radius 2 is 1.74 bits per heavy atom. The van der Waals surface area contributed by atoms with Gasteiger partial charge in [0.2, 0.25) is 4.99 Å². The van der Waals surface area contributed by atoms with Gasteiger partial charge in [0.25, 0.3) is 0 Å². The lowest BCUT2D eigenvalue weighted by molar-refractivity contribution is -0.110. The van der Waals surface area contributed by atoms with Crippen molar-refractivity contribution in [2.75, 3.05) is 10.0 Å². The van der Waals surface area contributed by atoms with Crippen molar-refractivity contribution < 1.29 is 4.79 Å². The van der Waals surface area contributed by atoms with Gasteiger partial charge in [-0.1, -0.05) is 69.5 Å². The van der Waals surface area contributed by atoms with Crippen LogP contribution in [0, 0.1) is 0 Å². The van der Waals surface area contributed by atoms with Gasteiger partial charge >= 0.3 is 0 Å². The molecule has 3 aromatic carbocycles. The zero-order valence-electron chi connectivity index (χ0n) is 18.1. The first-order chi connectivity index (χ1) is 16.4. The van der Waals surface area contributed by atoms with E-state index in [1.165, 1.54) is 18.7 Å². The summed E-state index contributed by atoms with van der Waals surface area (Å²) in [7, 11) is 0. The molecule has 2 aliphatic heterocycles. The fourth-order valence-corrected chi connectivity index (χ4v) is 6.01. The average molecular weight is 574 g/mol. The average Bonchev–Trinajstić information content (AvgIpc) is 3.20. The van der Waals surface area contributed by atoms with E-state index < -0.39 is 4.99 Å². The van der Waals surface area contributed by atoms with Crippen molar-refractivity contribution in [2.24, 2.45) is 10.2 Å². The maximum absolute atomic E-state index is 12.5. The number of carbonyl (C=O) groups excluding carboxylic acids is 1. The molecule has 0 saturated carbocycles. The van der Waals surface area contributed by atoms with Crippen LogP contribution in [0.5, 0.6) is 0 Å². The van der Waals surface area contributed by atoms with Gasteiger partial charge in [-0.2, -0.15) is 10.2 Å². The molecule has 34 heavy (non-hydrogen) atoms. The van der Waals surface area contributed by atoms with E-state index in [0.29, 0.717) is 33.6 Å². The number of hydrogen-bond acceptors (Lipinski definition) is 6. The Labute approximate surface area is 220 Å². The third-order valence-corrected chi connectivity index (χ3v) is 8.14. The van der Waals surface area contributed by atoms with E-state index in [2.05, 4.69) is 28.1 Å².